The fraction of sp³-hybridized carbons (Fsp3) is 0.200. The highest BCUT2D eigenvalue weighted by molar-refractivity contribution is 6.34. The molecule has 0 aliphatic carbocycles. The maximum atomic E-state index is 12.2. The van der Waals surface area contributed by atoms with Crippen LogP contribution in [0.15, 0.2) is 30.5 Å². The number of nitrogens with zero attached hydrogens (tertiary/aromatic N) is 1. The summed E-state index contributed by atoms with van der Waals surface area (Å²) in [5.74, 6) is 0.252. The molecule has 1 amide bonds. The number of hydrogen-bond donors (Lipinski definition) is 2. The molecule has 0 saturated heterocycles. The van der Waals surface area contributed by atoms with Gasteiger partial charge in [-0.2, -0.15) is 0 Å². The molecule has 0 saturated carbocycles. The van der Waals surface area contributed by atoms with Gasteiger partial charge in [0.05, 0.1) is 21.3 Å². The molecule has 0 fully saturated rings. The first kappa shape index (κ1) is 15.6. The molecule has 6 heteroatoms. The molecule has 0 atom stereocenters. The van der Waals surface area contributed by atoms with Gasteiger partial charge in [0.2, 0.25) is 0 Å². The van der Waals surface area contributed by atoms with Gasteiger partial charge < -0.3 is 10.6 Å². The van der Waals surface area contributed by atoms with Crippen molar-refractivity contribution in [2.24, 2.45) is 0 Å². The molecular formula is C15H15Cl2N3O. The molecule has 110 valence electrons. The van der Waals surface area contributed by atoms with Crippen molar-refractivity contribution >= 4 is 40.6 Å². The summed E-state index contributed by atoms with van der Waals surface area (Å²) in [6.07, 6.45) is 1.47. The summed E-state index contributed by atoms with van der Waals surface area (Å²) in [4.78, 5) is 16.3. The predicted molar refractivity (Wildman–Crippen MR) is 87.6 cm³/mol. The number of anilines is 2. The zero-order chi connectivity index (χ0) is 15.4. The van der Waals surface area contributed by atoms with Crippen LogP contribution in [0.2, 0.25) is 10.0 Å². The standard InChI is InChI=1S/C15H15Cl2N3O/c1-3-18-14-12(17)7-10(8-19-14)15(21)20-13-5-4-9(2)6-11(13)16/h4-8H,3H2,1-2H3,(H,18,19)(H,20,21). The van der Waals surface area contributed by atoms with E-state index in [9.17, 15) is 4.79 Å². The van der Waals surface area contributed by atoms with Gasteiger partial charge in [-0.25, -0.2) is 4.98 Å². The summed E-state index contributed by atoms with van der Waals surface area (Å²) < 4.78 is 0. The molecule has 0 unspecified atom stereocenters. The number of carbonyl (C=O) groups excluding carboxylic acids is 1. The third kappa shape index (κ3) is 3.86. The summed E-state index contributed by atoms with van der Waals surface area (Å²) in [6, 6.07) is 7.00. The summed E-state index contributed by atoms with van der Waals surface area (Å²) in [5, 5.41) is 6.65. The van der Waals surface area contributed by atoms with Gasteiger partial charge in [-0.1, -0.05) is 29.3 Å². The smallest absolute Gasteiger partial charge is 0.257 e. The third-order valence-electron chi connectivity index (χ3n) is 2.82. The Morgan fingerprint density at radius 1 is 1.24 bits per heavy atom. The topological polar surface area (TPSA) is 54.0 Å². The van der Waals surface area contributed by atoms with E-state index in [1.54, 1.807) is 18.2 Å². The van der Waals surface area contributed by atoms with E-state index >= 15 is 0 Å². The zero-order valence-electron chi connectivity index (χ0n) is 11.7. The van der Waals surface area contributed by atoms with Gasteiger partial charge >= 0.3 is 0 Å². The minimum Gasteiger partial charge on any atom is -0.369 e. The Morgan fingerprint density at radius 2 is 2.00 bits per heavy atom. The normalized spacial score (nSPS) is 10.3. The maximum absolute atomic E-state index is 12.2. The SMILES string of the molecule is CCNc1ncc(C(=O)Nc2ccc(C)cc2Cl)cc1Cl. The van der Waals surface area contributed by atoms with Crippen molar-refractivity contribution in [2.75, 3.05) is 17.2 Å². The van der Waals surface area contributed by atoms with Crippen LogP contribution in [0.1, 0.15) is 22.8 Å². The van der Waals surface area contributed by atoms with Crippen LogP contribution in [0.25, 0.3) is 0 Å². The number of rotatable bonds is 4. The van der Waals surface area contributed by atoms with Crippen LogP contribution >= 0.6 is 23.2 Å². The first-order chi connectivity index (χ1) is 10.0. The van der Waals surface area contributed by atoms with Crippen LogP contribution < -0.4 is 10.6 Å². The zero-order valence-corrected chi connectivity index (χ0v) is 13.2. The van der Waals surface area contributed by atoms with E-state index in [1.807, 2.05) is 19.9 Å². The van der Waals surface area contributed by atoms with E-state index in [0.717, 1.165) is 5.56 Å². The number of pyridine rings is 1. The Labute approximate surface area is 133 Å². The monoisotopic (exact) mass is 323 g/mol. The van der Waals surface area contributed by atoms with Crippen molar-refractivity contribution in [3.05, 3.63) is 51.6 Å². The van der Waals surface area contributed by atoms with E-state index in [1.165, 1.54) is 6.20 Å². The fourth-order valence-electron chi connectivity index (χ4n) is 1.78. The molecule has 1 aromatic carbocycles. The molecule has 0 spiro atoms. The molecule has 2 N–H and O–H groups in total. The van der Waals surface area contributed by atoms with Gasteiger partial charge in [-0.05, 0) is 37.6 Å². The first-order valence-corrected chi connectivity index (χ1v) is 7.23. The molecule has 4 nitrogen and oxygen atoms in total. The molecule has 0 aliphatic rings. The number of amides is 1. The lowest BCUT2D eigenvalue weighted by atomic mass is 10.2. The molecule has 0 aliphatic heterocycles. The minimum absolute atomic E-state index is 0.307. The maximum Gasteiger partial charge on any atom is 0.257 e. The molecule has 21 heavy (non-hydrogen) atoms. The Hall–Kier alpha value is -1.78. The van der Waals surface area contributed by atoms with Gasteiger partial charge in [0.1, 0.15) is 5.82 Å². The highest BCUT2D eigenvalue weighted by atomic mass is 35.5. The molecule has 2 rings (SSSR count). The van der Waals surface area contributed by atoms with Gasteiger partial charge in [0.15, 0.2) is 0 Å². The average Bonchev–Trinajstić information content (AvgIpc) is 2.44. The van der Waals surface area contributed by atoms with Crippen LogP contribution in [-0.2, 0) is 0 Å². The average molecular weight is 324 g/mol. The van der Waals surface area contributed by atoms with E-state index in [2.05, 4.69) is 15.6 Å². The van der Waals surface area contributed by atoms with Crippen molar-refractivity contribution in [1.82, 2.24) is 4.98 Å². The molecule has 1 heterocycles. The largest absolute Gasteiger partial charge is 0.369 e. The second-order valence-corrected chi connectivity index (χ2v) is 5.34. The van der Waals surface area contributed by atoms with Crippen LogP contribution in [0.3, 0.4) is 0 Å². The molecular weight excluding hydrogens is 309 g/mol. The van der Waals surface area contributed by atoms with Crippen LogP contribution in [-0.4, -0.2) is 17.4 Å². The molecule has 0 radical (unpaired) electrons. The van der Waals surface area contributed by atoms with E-state index in [0.29, 0.717) is 33.7 Å². The Bertz CT molecular complexity index is 674. The number of nitrogens with one attached hydrogen (secondary N) is 2. The molecule has 1 aromatic heterocycles. The predicted octanol–water partition coefficient (Wildman–Crippen LogP) is 4.38. The van der Waals surface area contributed by atoms with Crippen molar-refractivity contribution in [3.63, 3.8) is 0 Å². The highest BCUT2D eigenvalue weighted by Crippen LogP contribution is 2.24. The Kier molecular flexibility index (Phi) is 5.04. The number of benzene rings is 1. The number of halogens is 2. The van der Waals surface area contributed by atoms with Crippen LogP contribution in [0.4, 0.5) is 11.5 Å². The van der Waals surface area contributed by atoms with Gasteiger partial charge in [0, 0.05) is 12.7 Å². The quantitative estimate of drug-likeness (QED) is 0.877. The lowest BCUT2D eigenvalue weighted by Crippen LogP contribution is -2.13. The third-order valence-corrected chi connectivity index (χ3v) is 3.42. The van der Waals surface area contributed by atoms with Crippen LogP contribution in [0, 0.1) is 6.92 Å². The van der Waals surface area contributed by atoms with Gasteiger partial charge in [-0.3, -0.25) is 4.79 Å². The highest BCUT2D eigenvalue weighted by Gasteiger charge is 2.11. The van der Waals surface area contributed by atoms with Crippen molar-refractivity contribution in [2.45, 2.75) is 13.8 Å². The number of hydrogen-bond acceptors (Lipinski definition) is 3. The van der Waals surface area contributed by atoms with Gasteiger partial charge in [0.25, 0.3) is 5.91 Å². The van der Waals surface area contributed by atoms with Crippen molar-refractivity contribution < 1.29 is 4.79 Å². The second-order valence-electron chi connectivity index (χ2n) is 4.52. The Balaban J connectivity index is 2.18. The minimum atomic E-state index is -0.307. The summed E-state index contributed by atoms with van der Waals surface area (Å²) in [6.45, 7) is 4.58. The van der Waals surface area contributed by atoms with E-state index < -0.39 is 0 Å². The fourth-order valence-corrected chi connectivity index (χ4v) is 2.29. The first-order valence-electron chi connectivity index (χ1n) is 6.48. The number of carbonyl (C=O) groups is 1. The molecule has 2 aromatic rings. The molecule has 0 bridgehead atoms. The van der Waals surface area contributed by atoms with Crippen LogP contribution in [0.5, 0.6) is 0 Å². The van der Waals surface area contributed by atoms with E-state index in [4.69, 9.17) is 23.2 Å². The van der Waals surface area contributed by atoms with Gasteiger partial charge in [-0.15, -0.1) is 0 Å². The second kappa shape index (κ2) is 6.78. The number of aromatic nitrogens is 1. The van der Waals surface area contributed by atoms with Crippen molar-refractivity contribution in [3.8, 4) is 0 Å². The summed E-state index contributed by atoms with van der Waals surface area (Å²) in [7, 11) is 0. The lowest BCUT2D eigenvalue weighted by Gasteiger charge is -2.09. The summed E-state index contributed by atoms with van der Waals surface area (Å²) in [5.41, 5.74) is 1.95. The summed E-state index contributed by atoms with van der Waals surface area (Å²) >= 11 is 12.2. The number of aryl methyl sites for hydroxylation is 1. The lowest BCUT2D eigenvalue weighted by molar-refractivity contribution is 0.102. The van der Waals surface area contributed by atoms with E-state index in [-0.39, 0.29) is 5.91 Å². The Morgan fingerprint density at radius 3 is 2.62 bits per heavy atom. The van der Waals surface area contributed by atoms with Crippen molar-refractivity contribution in [1.29, 1.82) is 0 Å².